The summed E-state index contributed by atoms with van der Waals surface area (Å²) in [5.41, 5.74) is 6.45. The predicted octanol–water partition coefficient (Wildman–Crippen LogP) is 1.18. The number of carbonyl (C=O) groups excluding carboxylic acids is 1. The second-order valence-corrected chi connectivity index (χ2v) is 4.10. The Hall–Kier alpha value is -2.04. The van der Waals surface area contributed by atoms with E-state index in [0.717, 1.165) is 5.69 Å². The third-order valence-corrected chi connectivity index (χ3v) is 3.01. The molecule has 1 unspecified atom stereocenters. The number of carbonyl (C=O) groups is 1. The molecule has 3 N–H and O–H groups in total. The van der Waals surface area contributed by atoms with Crippen LogP contribution >= 0.6 is 0 Å². The average Bonchev–Trinajstić information content (AvgIpc) is 2.39. The molecule has 1 aliphatic heterocycles. The van der Waals surface area contributed by atoms with Crippen molar-refractivity contribution in [2.75, 3.05) is 11.4 Å². The summed E-state index contributed by atoms with van der Waals surface area (Å²) in [4.78, 5) is 13.5. The van der Waals surface area contributed by atoms with Gasteiger partial charge in [0.05, 0.1) is 0 Å². The number of nitrogens with zero attached hydrogens (tertiary/aromatic N) is 2. The van der Waals surface area contributed by atoms with Gasteiger partial charge in [-0.3, -0.25) is 4.79 Å². The number of anilines is 1. The van der Waals surface area contributed by atoms with Crippen LogP contribution < -0.4 is 10.6 Å². The molecule has 1 aromatic rings. The van der Waals surface area contributed by atoms with E-state index in [1.165, 1.54) is 0 Å². The van der Waals surface area contributed by atoms with Crippen LogP contribution in [0.2, 0.25) is 0 Å². The number of amidine groups is 1. The number of hydrogen-bond donors (Lipinski definition) is 2. The van der Waals surface area contributed by atoms with Crippen LogP contribution in [0.3, 0.4) is 0 Å². The third-order valence-electron chi connectivity index (χ3n) is 3.01. The van der Waals surface area contributed by atoms with Crippen molar-refractivity contribution in [2.24, 2.45) is 16.8 Å². The Labute approximate surface area is 99.5 Å². The number of benzene rings is 1. The van der Waals surface area contributed by atoms with Gasteiger partial charge in [0.2, 0.25) is 5.91 Å². The van der Waals surface area contributed by atoms with Crippen molar-refractivity contribution in [3.63, 3.8) is 0 Å². The number of oxime groups is 1. The van der Waals surface area contributed by atoms with Gasteiger partial charge in [0, 0.05) is 24.6 Å². The van der Waals surface area contributed by atoms with Gasteiger partial charge in [-0.15, -0.1) is 0 Å². The number of amides is 1. The molecule has 0 saturated carbocycles. The molecular weight excluding hydrogens is 218 g/mol. The second-order valence-electron chi connectivity index (χ2n) is 4.10. The van der Waals surface area contributed by atoms with Gasteiger partial charge in [0.25, 0.3) is 0 Å². The van der Waals surface area contributed by atoms with Crippen molar-refractivity contribution in [1.82, 2.24) is 0 Å². The largest absolute Gasteiger partial charge is 0.409 e. The molecular formula is C12H15N3O2. The van der Waals surface area contributed by atoms with Gasteiger partial charge >= 0.3 is 0 Å². The minimum Gasteiger partial charge on any atom is -0.409 e. The molecule has 1 aromatic carbocycles. The first kappa shape index (κ1) is 11.4. The minimum absolute atomic E-state index is 0.0714. The van der Waals surface area contributed by atoms with Crippen LogP contribution in [0.4, 0.5) is 5.69 Å². The monoisotopic (exact) mass is 233 g/mol. The zero-order valence-electron chi connectivity index (χ0n) is 9.41. The summed E-state index contributed by atoms with van der Waals surface area (Å²) in [6, 6.07) is 9.43. The number of piperidine rings is 1. The summed E-state index contributed by atoms with van der Waals surface area (Å²) in [6.07, 6.45) is 1.06. The van der Waals surface area contributed by atoms with E-state index in [4.69, 9.17) is 10.9 Å². The van der Waals surface area contributed by atoms with E-state index < -0.39 is 0 Å². The highest BCUT2D eigenvalue weighted by Crippen LogP contribution is 2.23. The summed E-state index contributed by atoms with van der Waals surface area (Å²) in [5, 5.41) is 11.7. The molecule has 1 amide bonds. The molecule has 1 saturated heterocycles. The summed E-state index contributed by atoms with van der Waals surface area (Å²) in [6.45, 7) is 0.471. The summed E-state index contributed by atoms with van der Waals surface area (Å²) in [7, 11) is 0. The average molecular weight is 233 g/mol. The Morgan fingerprint density at radius 1 is 1.41 bits per heavy atom. The molecule has 90 valence electrons. The molecule has 5 heteroatoms. The van der Waals surface area contributed by atoms with Crippen LogP contribution in [0.15, 0.2) is 35.5 Å². The van der Waals surface area contributed by atoms with E-state index in [1.54, 1.807) is 4.90 Å². The van der Waals surface area contributed by atoms with Gasteiger partial charge in [-0.25, -0.2) is 0 Å². The molecule has 5 nitrogen and oxygen atoms in total. The Balaban J connectivity index is 2.19. The Morgan fingerprint density at radius 2 is 2.12 bits per heavy atom. The quantitative estimate of drug-likeness (QED) is 0.348. The summed E-state index contributed by atoms with van der Waals surface area (Å²) >= 11 is 0. The first-order chi connectivity index (χ1) is 8.22. The molecule has 0 bridgehead atoms. The molecule has 0 radical (unpaired) electrons. The number of hydrogen-bond acceptors (Lipinski definition) is 3. The maximum atomic E-state index is 11.8. The van der Waals surface area contributed by atoms with Gasteiger partial charge in [-0.1, -0.05) is 23.4 Å². The molecule has 0 aromatic heterocycles. The lowest BCUT2D eigenvalue weighted by Gasteiger charge is -2.31. The van der Waals surface area contributed by atoms with Gasteiger partial charge in [-0.2, -0.15) is 0 Å². The van der Waals surface area contributed by atoms with E-state index in [2.05, 4.69) is 5.16 Å². The fourth-order valence-electron chi connectivity index (χ4n) is 2.03. The molecule has 1 fully saturated rings. The Kier molecular flexibility index (Phi) is 3.27. The van der Waals surface area contributed by atoms with E-state index in [9.17, 15) is 4.79 Å². The fraction of sp³-hybridized carbons (Fsp3) is 0.333. The first-order valence-corrected chi connectivity index (χ1v) is 5.55. The minimum atomic E-state index is -0.0714. The van der Waals surface area contributed by atoms with E-state index in [-0.39, 0.29) is 17.7 Å². The van der Waals surface area contributed by atoms with Crippen molar-refractivity contribution in [3.05, 3.63) is 30.3 Å². The van der Waals surface area contributed by atoms with Crippen molar-refractivity contribution in [1.29, 1.82) is 0 Å². The number of nitrogens with two attached hydrogens (primary N) is 1. The smallest absolute Gasteiger partial charge is 0.227 e. The molecule has 1 aliphatic rings. The van der Waals surface area contributed by atoms with Crippen molar-refractivity contribution < 1.29 is 10.0 Å². The zero-order valence-corrected chi connectivity index (χ0v) is 9.41. The highest BCUT2D eigenvalue weighted by Gasteiger charge is 2.28. The predicted molar refractivity (Wildman–Crippen MR) is 64.9 cm³/mol. The van der Waals surface area contributed by atoms with Crippen LogP contribution in [0.1, 0.15) is 12.8 Å². The van der Waals surface area contributed by atoms with Crippen LogP contribution in [0.25, 0.3) is 0 Å². The lowest BCUT2D eigenvalue weighted by molar-refractivity contribution is -0.119. The molecule has 1 heterocycles. The van der Waals surface area contributed by atoms with Crippen LogP contribution in [-0.4, -0.2) is 23.5 Å². The SMILES string of the molecule is N/C(=N\O)C1CCC(=O)N(c2ccccc2)C1. The first-order valence-electron chi connectivity index (χ1n) is 5.55. The molecule has 1 atom stereocenters. The normalized spacial score (nSPS) is 21.6. The lowest BCUT2D eigenvalue weighted by atomic mass is 9.96. The molecule has 0 spiro atoms. The number of rotatable bonds is 2. The second kappa shape index (κ2) is 4.86. The van der Waals surface area contributed by atoms with Gasteiger partial charge < -0.3 is 15.8 Å². The Bertz CT molecular complexity index is 431. The van der Waals surface area contributed by atoms with E-state index in [0.29, 0.717) is 19.4 Å². The van der Waals surface area contributed by atoms with Crippen molar-refractivity contribution in [3.8, 4) is 0 Å². The highest BCUT2D eigenvalue weighted by molar-refractivity contribution is 5.96. The van der Waals surface area contributed by atoms with Gasteiger partial charge in [-0.05, 0) is 18.6 Å². The molecule has 17 heavy (non-hydrogen) atoms. The third kappa shape index (κ3) is 2.38. The summed E-state index contributed by atoms with van der Waals surface area (Å²) < 4.78 is 0. The molecule has 0 aliphatic carbocycles. The topological polar surface area (TPSA) is 78.9 Å². The maximum Gasteiger partial charge on any atom is 0.227 e. The highest BCUT2D eigenvalue weighted by atomic mass is 16.4. The lowest BCUT2D eigenvalue weighted by Crippen LogP contribution is -2.44. The van der Waals surface area contributed by atoms with Gasteiger partial charge in [0.15, 0.2) is 0 Å². The van der Waals surface area contributed by atoms with Crippen LogP contribution in [-0.2, 0) is 4.79 Å². The standard InChI is InChI=1S/C12H15N3O2/c13-12(14-17)9-6-7-11(16)15(8-9)10-4-2-1-3-5-10/h1-5,9,17H,6-8H2,(H2,13,14). The van der Waals surface area contributed by atoms with Gasteiger partial charge in [0.1, 0.15) is 5.84 Å². The molecule has 2 rings (SSSR count). The maximum absolute atomic E-state index is 11.8. The van der Waals surface area contributed by atoms with Crippen molar-refractivity contribution >= 4 is 17.4 Å². The van der Waals surface area contributed by atoms with E-state index in [1.807, 2.05) is 30.3 Å². The fourth-order valence-corrected chi connectivity index (χ4v) is 2.03. The summed E-state index contributed by atoms with van der Waals surface area (Å²) in [5.74, 6) is 0.203. The zero-order chi connectivity index (χ0) is 12.3. The van der Waals surface area contributed by atoms with Crippen LogP contribution in [0, 0.1) is 5.92 Å². The Morgan fingerprint density at radius 3 is 2.76 bits per heavy atom. The van der Waals surface area contributed by atoms with E-state index >= 15 is 0 Å². The van der Waals surface area contributed by atoms with Crippen molar-refractivity contribution in [2.45, 2.75) is 12.8 Å². The number of para-hydroxylation sites is 1. The van der Waals surface area contributed by atoms with Crippen LogP contribution in [0.5, 0.6) is 0 Å².